The number of hydrogen-bond acceptors (Lipinski definition) is 6. The molecule has 0 bridgehead atoms. The molecule has 5 rings (SSSR count). The Kier molecular flexibility index (Phi) is 4.26. The number of hydrogen-bond donors (Lipinski definition) is 0. The summed E-state index contributed by atoms with van der Waals surface area (Å²) in [4.78, 5) is 4.69. The molecule has 27 heavy (non-hydrogen) atoms. The SMILES string of the molecule is Cc1oc(-c2cccc(Br)c2)nc1CSc1nncn2c1cc1sccc12. The third-order valence-electron chi connectivity index (χ3n) is 4.30. The lowest BCUT2D eigenvalue weighted by Gasteiger charge is -2.01. The first-order valence-electron chi connectivity index (χ1n) is 8.24. The molecule has 0 saturated carbocycles. The number of nitrogens with zero attached hydrogens (tertiary/aromatic N) is 4. The fraction of sp³-hybridized carbons (Fsp3) is 0.105. The number of thioether (sulfide) groups is 1. The first kappa shape index (κ1) is 17.0. The topological polar surface area (TPSA) is 56.2 Å². The number of oxazole rings is 1. The van der Waals surface area contributed by atoms with E-state index in [1.54, 1.807) is 29.4 Å². The molecule has 1 aromatic carbocycles. The third kappa shape index (κ3) is 3.07. The van der Waals surface area contributed by atoms with Crippen LogP contribution in [-0.4, -0.2) is 19.6 Å². The van der Waals surface area contributed by atoms with E-state index in [2.05, 4.69) is 53.0 Å². The average Bonchev–Trinajstić information content (AvgIpc) is 3.35. The molecule has 5 aromatic rings. The van der Waals surface area contributed by atoms with E-state index in [1.165, 1.54) is 10.2 Å². The number of thiophene rings is 1. The summed E-state index contributed by atoms with van der Waals surface area (Å²) in [6, 6.07) is 12.2. The molecule has 4 heterocycles. The van der Waals surface area contributed by atoms with Crippen molar-refractivity contribution in [3.05, 3.63) is 64.0 Å². The monoisotopic (exact) mass is 456 g/mol. The molecular formula is C19H13BrN4OS2. The summed E-state index contributed by atoms with van der Waals surface area (Å²) in [5.41, 5.74) is 4.12. The maximum Gasteiger partial charge on any atom is 0.226 e. The van der Waals surface area contributed by atoms with Crippen LogP contribution in [-0.2, 0) is 5.75 Å². The molecule has 0 aliphatic carbocycles. The van der Waals surface area contributed by atoms with E-state index in [-0.39, 0.29) is 0 Å². The molecule has 0 saturated heterocycles. The minimum atomic E-state index is 0.636. The number of aryl methyl sites for hydroxylation is 1. The Morgan fingerprint density at radius 3 is 3.04 bits per heavy atom. The molecule has 0 unspecified atom stereocenters. The molecule has 0 fully saturated rings. The van der Waals surface area contributed by atoms with Gasteiger partial charge < -0.3 is 4.42 Å². The number of aromatic nitrogens is 4. The third-order valence-corrected chi connectivity index (χ3v) is 6.63. The van der Waals surface area contributed by atoms with E-state index in [0.717, 1.165) is 32.0 Å². The highest BCUT2D eigenvalue weighted by molar-refractivity contribution is 9.10. The Morgan fingerprint density at radius 2 is 2.15 bits per heavy atom. The van der Waals surface area contributed by atoms with Crippen molar-refractivity contribution in [2.45, 2.75) is 17.7 Å². The Bertz CT molecular complexity index is 1270. The first-order valence-corrected chi connectivity index (χ1v) is 10.9. The van der Waals surface area contributed by atoms with Crippen LogP contribution in [0.4, 0.5) is 0 Å². The predicted molar refractivity (Wildman–Crippen MR) is 112 cm³/mol. The van der Waals surface area contributed by atoms with E-state index in [1.807, 2.05) is 31.2 Å². The van der Waals surface area contributed by atoms with Crippen LogP contribution < -0.4 is 0 Å². The lowest BCUT2D eigenvalue weighted by molar-refractivity contribution is 0.540. The van der Waals surface area contributed by atoms with Gasteiger partial charge in [-0.25, -0.2) is 4.98 Å². The zero-order chi connectivity index (χ0) is 18.4. The van der Waals surface area contributed by atoms with Gasteiger partial charge in [0.2, 0.25) is 5.89 Å². The van der Waals surface area contributed by atoms with Crippen molar-refractivity contribution in [3.63, 3.8) is 0 Å². The van der Waals surface area contributed by atoms with Gasteiger partial charge in [-0.1, -0.05) is 33.8 Å². The minimum Gasteiger partial charge on any atom is -0.441 e. The highest BCUT2D eigenvalue weighted by Gasteiger charge is 2.15. The van der Waals surface area contributed by atoms with Crippen molar-refractivity contribution in [1.29, 1.82) is 0 Å². The summed E-state index contributed by atoms with van der Waals surface area (Å²) in [5, 5.41) is 11.5. The number of fused-ring (bicyclic) bond motifs is 3. The normalized spacial score (nSPS) is 11.6. The summed E-state index contributed by atoms with van der Waals surface area (Å²) in [5.74, 6) is 2.14. The van der Waals surface area contributed by atoms with Crippen LogP contribution in [0, 0.1) is 6.92 Å². The van der Waals surface area contributed by atoms with E-state index >= 15 is 0 Å². The zero-order valence-corrected chi connectivity index (χ0v) is 17.4. The van der Waals surface area contributed by atoms with Crippen molar-refractivity contribution in [3.8, 4) is 11.5 Å². The molecule has 0 N–H and O–H groups in total. The molecule has 0 atom stereocenters. The van der Waals surface area contributed by atoms with E-state index in [4.69, 9.17) is 4.42 Å². The van der Waals surface area contributed by atoms with Crippen molar-refractivity contribution < 1.29 is 4.42 Å². The predicted octanol–water partition coefficient (Wildman–Crippen LogP) is 5.96. The fourth-order valence-electron chi connectivity index (χ4n) is 2.96. The number of benzene rings is 1. The van der Waals surface area contributed by atoms with Crippen LogP contribution in [0.2, 0.25) is 0 Å². The quantitative estimate of drug-likeness (QED) is 0.312. The van der Waals surface area contributed by atoms with Gasteiger partial charge in [0.1, 0.15) is 17.1 Å². The molecule has 0 radical (unpaired) electrons. The lowest BCUT2D eigenvalue weighted by Crippen LogP contribution is -1.94. The van der Waals surface area contributed by atoms with Crippen LogP contribution >= 0.6 is 39.0 Å². The van der Waals surface area contributed by atoms with Crippen molar-refractivity contribution in [2.24, 2.45) is 0 Å². The second kappa shape index (κ2) is 6.78. The fourth-order valence-corrected chi connectivity index (χ4v) is 5.12. The Labute approximate surface area is 171 Å². The number of halogens is 1. The van der Waals surface area contributed by atoms with Gasteiger partial charge in [-0.05, 0) is 42.6 Å². The van der Waals surface area contributed by atoms with Crippen LogP contribution in [0.25, 0.3) is 27.2 Å². The molecule has 0 aliphatic rings. The summed E-state index contributed by atoms with van der Waals surface area (Å²) >= 11 is 6.84. The van der Waals surface area contributed by atoms with Crippen LogP contribution in [0.3, 0.4) is 0 Å². The van der Waals surface area contributed by atoms with Crippen LogP contribution in [0.5, 0.6) is 0 Å². The lowest BCUT2D eigenvalue weighted by atomic mass is 10.2. The highest BCUT2D eigenvalue weighted by atomic mass is 79.9. The molecule has 8 heteroatoms. The minimum absolute atomic E-state index is 0.636. The smallest absolute Gasteiger partial charge is 0.226 e. The number of rotatable bonds is 4. The molecule has 134 valence electrons. The summed E-state index contributed by atoms with van der Waals surface area (Å²) in [6.07, 6.45) is 1.77. The molecular weight excluding hydrogens is 444 g/mol. The van der Waals surface area contributed by atoms with Crippen molar-refractivity contribution >= 4 is 54.8 Å². The van der Waals surface area contributed by atoms with Gasteiger partial charge in [-0.15, -0.1) is 21.5 Å². The van der Waals surface area contributed by atoms with Crippen LogP contribution in [0.1, 0.15) is 11.5 Å². The highest BCUT2D eigenvalue weighted by Crippen LogP contribution is 2.32. The summed E-state index contributed by atoms with van der Waals surface area (Å²) in [6.45, 7) is 1.95. The maximum absolute atomic E-state index is 5.88. The van der Waals surface area contributed by atoms with E-state index < -0.39 is 0 Å². The first-order chi connectivity index (χ1) is 13.2. The summed E-state index contributed by atoms with van der Waals surface area (Å²) in [7, 11) is 0. The second-order valence-corrected chi connectivity index (χ2v) is 8.85. The van der Waals surface area contributed by atoms with Gasteiger partial charge in [0.25, 0.3) is 0 Å². The van der Waals surface area contributed by atoms with Crippen LogP contribution in [0.15, 0.2) is 62.0 Å². The molecule has 0 aliphatic heterocycles. The van der Waals surface area contributed by atoms with Gasteiger partial charge in [-0.3, -0.25) is 4.40 Å². The van der Waals surface area contributed by atoms with Gasteiger partial charge in [0.05, 0.1) is 21.4 Å². The summed E-state index contributed by atoms with van der Waals surface area (Å²) < 4.78 is 10.2. The van der Waals surface area contributed by atoms with Gasteiger partial charge >= 0.3 is 0 Å². The maximum atomic E-state index is 5.88. The second-order valence-electron chi connectivity index (χ2n) is 6.03. The Hall–Kier alpha value is -2.16. The molecule has 4 aromatic heterocycles. The van der Waals surface area contributed by atoms with Gasteiger partial charge in [0, 0.05) is 15.8 Å². The molecule has 5 nitrogen and oxygen atoms in total. The standard InChI is InChI=1S/C19H13BrN4OS2/c1-11-14(22-18(25-11)12-3-2-4-13(20)7-12)9-27-19-16-8-17-15(5-6-26-17)24(16)10-21-23-19/h2-8,10H,9H2,1H3. The average molecular weight is 457 g/mol. The molecule has 0 spiro atoms. The van der Waals surface area contributed by atoms with Crippen molar-refractivity contribution in [1.82, 2.24) is 19.6 Å². The molecule has 0 amide bonds. The Morgan fingerprint density at radius 1 is 1.22 bits per heavy atom. The van der Waals surface area contributed by atoms with E-state index in [9.17, 15) is 0 Å². The van der Waals surface area contributed by atoms with Gasteiger partial charge in [0.15, 0.2) is 0 Å². The van der Waals surface area contributed by atoms with E-state index in [0.29, 0.717) is 11.6 Å². The van der Waals surface area contributed by atoms with Gasteiger partial charge in [-0.2, -0.15) is 0 Å². The largest absolute Gasteiger partial charge is 0.441 e. The zero-order valence-electron chi connectivity index (χ0n) is 14.2. The van der Waals surface area contributed by atoms with Crippen molar-refractivity contribution in [2.75, 3.05) is 0 Å². The Balaban J connectivity index is 1.44.